The van der Waals surface area contributed by atoms with Crippen molar-refractivity contribution in [1.29, 1.82) is 0 Å². The van der Waals surface area contributed by atoms with Gasteiger partial charge in [-0.25, -0.2) is 4.79 Å². The molecule has 0 radical (unpaired) electrons. The van der Waals surface area contributed by atoms with Gasteiger partial charge in [-0.2, -0.15) is 0 Å². The van der Waals surface area contributed by atoms with E-state index in [0.717, 1.165) is 42.6 Å². The van der Waals surface area contributed by atoms with Crippen molar-refractivity contribution in [3.05, 3.63) is 29.3 Å². The van der Waals surface area contributed by atoms with Crippen LogP contribution in [0.3, 0.4) is 0 Å². The lowest BCUT2D eigenvalue weighted by Gasteiger charge is -2.28. The van der Waals surface area contributed by atoms with Crippen molar-refractivity contribution in [3.8, 4) is 5.75 Å². The quantitative estimate of drug-likeness (QED) is 0.756. The Morgan fingerprint density at radius 1 is 1.36 bits per heavy atom. The number of hydrogen-bond acceptors (Lipinski definition) is 3. The molecule has 0 atom stereocenters. The van der Waals surface area contributed by atoms with Crippen molar-refractivity contribution >= 4 is 6.03 Å². The standard InChI is InChI=1S/C17H26N2O3/c1-3-22-15-7-6-14(10-13(15)2)11-18-16(21)19-17(12-20)8-4-5-9-17/h6-7,10,20H,3-5,8-9,11-12H2,1-2H3,(H2,18,19,21). The van der Waals surface area contributed by atoms with Crippen LogP contribution in [-0.4, -0.2) is 29.9 Å². The van der Waals surface area contributed by atoms with Gasteiger partial charge in [0.15, 0.2) is 0 Å². The number of carbonyl (C=O) groups is 1. The molecule has 0 unspecified atom stereocenters. The summed E-state index contributed by atoms with van der Waals surface area (Å²) in [5.74, 6) is 0.876. The van der Waals surface area contributed by atoms with Crippen molar-refractivity contribution in [2.75, 3.05) is 13.2 Å². The van der Waals surface area contributed by atoms with Gasteiger partial charge >= 0.3 is 6.03 Å². The molecule has 2 amide bonds. The zero-order chi connectivity index (χ0) is 16.0. The van der Waals surface area contributed by atoms with Crippen molar-refractivity contribution in [2.45, 2.75) is 51.6 Å². The van der Waals surface area contributed by atoms with Crippen LogP contribution in [0.5, 0.6) is 5.75 Å². The number of amides is 2. The van der Waals surface area contributed by atoms with Crippen molar-refractivity contribution in [1.82, 2.24) is 10.6 Å². The Labute approximate surface area is 132 Å². The molecule has 0 aromatic heterocycles. The lowest BCUT2D eigenvalue weighted by Crippen LogP contribution is -2.52. The lowest BCUT2D eigenvalue weighted by atomic mass is 9.99. The first-order valence-corrected chi connectivity index (χ1v) is 7.98. The van der Waals surface area contributed by atoms with Gasteiger partial charge < -0.3 is 20.5 Å². The van der Waals surface area contributed by atoms with Crippen LogP contribution >= 0.6 is 0 Å². The van der Waals surface area contributed by atoms with Gasteiger partial charge in [-0.05, 0) is 43.9 Å². The number of carbonyl (C=O) groups excluding carboxylic acids is 1. The van der Waals surface area contributed by atoms with Gasteiger partial charge in [0, 0.05) is 6.54 Å². The van der Waals surface area contributed by atoms with E-state index in [2.05, 4.69) is 10.6 Å². The van der Waals surface area contributed by atoms with Crippen molar-refractivity contribution < 1.29 is 14.6 Å². The minimum absolute atomic E-state index is 0.00256. The number of aryl methyl sites for hydroxylation is 1. The molecule has 1 aromatic rings. The van der Waals surface area contributed by atoms with E-state index in [1.165, 1.54) is 0 Å². The van der Waals surface area contributed by atoms with Crippen molar-refractivity contribution in [3.63, 3.8) is 0 Å². The summed E-state index contributed by atoms with van der Waals surface area (Å²) in [4.78, 5) is 12.0. The summed E-state index contributed by atoms with van der Waals surface area (Å²) >= 11 is 0. The van der Waals surface area contributed by atoms with Crippen molar-refractivity contribution in [2.24, 2.45) is 0 Å². The molecule has 3 N–H and O–H groups in total. The van der Waals surface area contributed by atoms with Crippen LogP contribution < -0.4 is 15.4 Å². The summed E-state index contributed by atoms with van der Waals surface area (Å²) in [7, 11) is 0. The van der Waals surface area contributed by atoms with E-state index in [-0.39, 0.29) is 12.6 Å². The molecule has 1 fully saturated rings. The zero-order valence-electron chi connectivity index (χ0n) is 13.4. The fourth-order valence-electron chi connectivity index (χ4n) is 2.98. The summed E-state index contributed by atoms with van der Waals surface area (Å²) in [6.45, 7) is 5.06. The third-order valence-corrected chi connectivity index (χ3v) is 4.23. The smallest absolute Gasteiger partial charge is 0.315 e. The maximum Gasteiger partial charge on any atom is 0.315 e. The second-order valence-electron chi connectivity index (χ2n) is 5.99. The van der Waals surface area contributed by atoms with E-state index in [1.54, 1.807) is 0 Å². The van der Waals surface area contributed by atoms with E-state index < -0.39 is 5.54 Å². The summed E-state index contributed by atoms with van der Waals surface area (Å²) in [5.41, 5.74) is 1.66. The highest BCUT2D eigenvalue weighted by Crippen LogP contribution is 2.28. The normalized spacial score (nSPS) is 16.3. The molecule has 1 aromatic carbocycles. The van der Waals surface area contributed by atoms with Gasteiger partial charge in [-0.1, -0.05) is 25.0 Å². The molecule has 22 heavy (non-hydrogen) atoms. The van der Waals surface area contributed by atoms with Crippen LogP contribution in [0.2, 0.25) is 0 Å². The molecule has 1 saturated carbocycles. The molecule has 5 heteroatoms. The highest BCUT2D eigenvalue weighted by atomic mass is 16.5. The minimum Gasteiger partial charge on any atom is -0.494 e. The third kappa shape index (κ3) is 4.13. The lowest BCUT2D eigenvalue weighted by molar-refractivity contribution is 0.163. The Morgan fingerprint density at radius 2 is 2.09 bits per heavy atom. The minimum atomic E-state index is -0.432. The number of nitrogens with one attached hydrogen (secondary N) is 2. The van der Waals surface area contributed by atoms with E-state index in [9.17, 15) is 9.90 Å². The highest BCUT2D eigenvalue weighted by Gasteiger charge is 2.34. The summed E-state index contributed by atoms with van der Waals surface area (Å²) in [6.07, 6.45) is 3.80. The van der Waals surface area contributed by atoms with Gasteiger partial charge in [-0.15, -0.1) is 0 Å². The van der Waals surface area contributed by atoms with Gasteiger partial charge in [-0.3, -0.25) is 0 Å². The first-order chi connectivity index (χ1) is 10.6. The summed E-state index contributed by atoms with van der Waals surface area (Å²) in [5, 5.41) is 15.3. The van der Waals surface area contributed by atoms with Crippen LogP contribution in [0.4, 0.5) is 4.79 Å². The Morgan fingerprint density at radius 3 is 2.68 bits per heavy atom. The van der Waals surface area contributed by atoms with Gasteiger partial charge in [0.2, 0.25) is 0 Å². The molecule has 0 spiro atoms. The number of ether oxygens (including phenoxy) is 1. The molecule has 0 saturated heterocycles. The number of hydrogen-bond donors (Lipinski definition) is 3. The molecule has 122 valence electrons. The first kappa shape index (κ1) is 16.6. The first-order valence-electron chi connectivity index (χ1n) is 7.98. The van der Waals surface area contributed by atoms with E-state index >= 15 is 0 Å². The predicted molar refractivity (Wildman–Crippen MR) is 86.0 cm³/mol. The third-order valence-electron chi connectivity index (χ3n) is 4.23. The maximum absolute atomic E-state index is 12.0. The SMILES string of the molecule is CCOc1ccc(CNC(=O)NC2(CO)CCCC2)cc1C. The van der Waals surface area contributed by atoms with E-state index in [1.807, 2.05) is 32.0 Å². The molecule has 0 bridgehead atoms. The Kier molecular flexibility index (Phi) is 5.66. The van der Waals surface area contributed by atoms with Crippen LogP contribution in [-0.2, 0) is 6.54 Å². The molecule has 0 aliphatic heterocycles. The van der Waals surface area contributed by atoms with Gasteiger partial charge in [0.05, 0.1) is 18.8 Å². The molecule has 0 heterocycles. The topological polar surface area (TPSA) is 70.6 Å². The van der Waals surface area contributed by atoms with E-state index in [0.29, 0.717) is 13.2 Å². The molecule has 5 nitrogen and oxygen atoms in total. The average molecular weight is 306 g/mol. The zero-order valence-corrected chi connectivity index (χ0v) is 13.4. The fourth-order valence-corrected chi connectivity index (χ4v) is 2.98. The van der Waals surface area contributed by atoms with Crippen LogP contribution in [0.15, 0.2) is 18.2 Å². The number of rotatable bonds is 6. The largest absolute Gasteiger partial charge is 0.494 e. The second-order valence-corrected chi connectivity index (χ2v) is 5.99. The monoisotopic (exact) mass is 306 g/mol. The van der Waals surface area contributed by atoms with Gasteiger partial charge in [0.1, 0.15) is 5.75 Å². The molecular weight excluding hydrogens is 280 g/mol. The number of aliphatic hydroxyl groups is 1. The van der Waals surface area contributed by atoms with Crippen LogP contribution in [0, 0.1) is 6.92 Å². The number of urea groups is 1. The number of aliphatic hydroxyl groups excluding tert-OH is 1. The highest BCUT2D eigenvalue weighted by molar-refractivity contribution is 5.74. The molecule has 2 rings (SSSR count). The predicted octanol–water partition coefficient (Wildman–Crippen LogP) is 2.50. The van der Waals surface area contributed by atoms with Crippen LogP contribution in [0.25, 0.3) is 0 Å². The Balaban J connectivity index is 1.87. The number of benzene rings is 1. The molecule has 1 aliphatic carbocycles. The average Bonchev–Trinajstić information content (AvgIpc) is 2.97. The second kappa shape index (κ2) is 7.49. The summed E-state index contributed by atoms with van der Waals surface area (Å²) < 4.78 is 5.51. The Bertz CT molecular complexity index is 511. The maximum atomic E-state index is 12.0. The van der Waals surface area contributed by atoms with Gasteiger partial charge in [0.25, 0.3) is 0 Å². The molecular formula is C17H26N2O3. The Hall–Kier alpha value is -1.75. The van der Waals surface area contributed by atoms with E-state index in [4.69, 9.17) is 4.74 Å². The molecule has 1 aliphatic rings. The fraction of sp³-hybridized carbons (Fsp3) is 0.588. The van der Waals surface area contributed by atoms with Crippen LogP contribution in [0.1, 0.15) is 43.7 Å². The summed E-state index contributed by atoms with van der Waals surface area (Å²) in [6, 6.07) is 5.68.